The Bertz CT molecular complexity index is 386. The van der Waals surface area contributed by atoms with Crippen molar-refractivity contribution in [2.45, 2.75) is 32.6 Å². The molecule has 1 fully saturated rings. The van der Waals surface area contributed by atoms with Gasteiger partial charge in [0.25, 0.3) is 0 Å². The van der Waals surface area contributed by atoms with Gasteiger partial charge in [-0.2, -0.15) is 0 Å². The van der Waals surface area contributed by atoms with Crippen LogP contribution in [0.25, 0.3) is 0 Å². The van der Waals surface area contributed by atoms with E-state index in [0.29, 0.717) is 10.4 Å². The molecule has 0 aromatic heterocycles. The van der Waals surface area contributed by atoms with Gasteiger partial charge in [-0.05, 0) is 37.5 Å². The van der Waals surface area contributed by atoms with Crippen molar-refractivity contribution in [1.29, 1.82) is 0 Å². The summed E-state index contributed by atoms with van der Waals surface area (Å²) in [5, 5.41) is 1.73. The van der Waals surface area contributed by atoms with Gasteiger partial charge >= 0.3 is 0 Å². The molecule has 0 aliphatic heterocycles. The number of alkyl halides is 1. The number of hydrogen-bond donors (Lipinski definition) is 0. The standard InChI is InChI=1S/C14H18BrClO/c1-11-4-5-13(12(16)8-11)17-10-14(9-15)6-2-3-7-14/h4-5,8H,2-3,6-7,9-10H2,1H3. The Balaban J connectivity index is 2.01. The van der Waals surface area contributed by atoms with Gasteiger partial charge in [0.1, 0.15) is 5.75 Å². The number of ether oxygens (including phenoxy) is 1. The van der Waals surface area contributed by atoms with E-state index in [1.807, 2.05) is 25.1 Å². The topological polar surface area (TPSA) is 9.23 Å². The van der Waals surface area contributed by atoms with Crippen molar-refractivity contribution in [3.8, 4) is 5.75 Å². The lowest BCUT2D eigenvalue weighted by molar-refractivity contribution is 0.174. The molecule has 94 valence electrons. The molecule has 3 heteroatoms. The maximum absolute atomic E-state index is 6.17. The summed E-state index contributed by atoms with van der Waals surface area (Å²) in [6.07, 6.45) is 5.14. The molecule has 0 spiro atoms. The molecule has 1 aliphatic carbocycles. The highest BCUT2D eigenvalue weighted by molar-refractivity contribution is 9.09. The molecule has 1 nitrogen and oxygen atoms in total. The zero-order valence-corrected chi connectivity index (χ0v) is 12.5. The average Bonchev–Trinajstić information content (AvgIpc) is 2.77. The summed E-state index contributed by atoms with van der Waals surface area (Å²) >= 11 is 9.79. The molecule has 17 heavy (non-hydrogen) atoms. The van der Waals surface area contributed by atoms with Crippen LogP contribution in [-0.2, 0) is 0 Å². The van der Waals surface area contributed by atoms with Gasteiger partial charge in [0.15, 0.2) is 0 Å². The third-order valence-electron chi connectivity index (χ3n) is 3.57. The maximum Gasteiger partial charge on any atom is 0.137 e. The van der Waals surface area contributed by atoms with Gasteiger partial charge in [-0.25, -0.2) is 0 Å². The van der Waals surface area contributed by atoms with E-state index in [9.17, 15) is 0 Å². The Labute approximate surface area is 117 Å². The molecule has 0 amide bonds. The van der Waals surface area contributed by atoms with Gasteiger partial charge in [0, 0.05) is 10.7 Å². The van der Waals surface area contributed by atoms with Gasteiger partial charge in [-0.15, -0.1) is 0 Å². The summed E-state index contributed by atoms with van der Waals surface area (Å²) in [6.45, 7) is 2.80. The van der Waals surface area contributed by atoms with Crippen LogP contribution in [0.4, 0.5) is 0 Å². The summed E-state index contributed by atoms with van der Waals surface area (Å²) in [5.41, 5.74) is 1.48. The highest BCUT2D eigenvalue weighted by Gasteiger charge is 2.33. The van der Waals surface area contributed by atoms with Crippen molar-refractivity contribution in [2.24, 2.45) is 5.41 Å². The fourth-order valence-electron chi connectivity index (χ4n) is 2.40. The summed E-state index contributed by atoms with van der Waals surface area (Å²) in [5.74, 6) is 0.810. The number of rotatable bonds is 4. The van der Waals surface area contributed by atoms with E-state index in [-0.39, 0.29) is 0 Å². The molecule has 1 saturated carbocycles. The number of aryl methyl sites for hydroxylation is 1. The van der Waals surface area contributed by atoms with Crippen LogP contribution in [0.5, 0.6) is 5.75 Å². The predicted octanol–water partition coefficient (Wildman–Crippen LogP) is 4.98. The predicted molar refractivity (Wildman–Crippen MR) is 76.4 cm³/mol. The Hall–Kier alpha value is -0.210. The van der Waals surface area contributed by atoms with E-state index in [0.717, 1.165) is 17.7 Å². The fraction of sp³-hybridized carbons (Fsp3) is 0.571. The second kappa shape index (κ2) is 5.62. The molecule has 2 rings (SSSR count). The molecule has 1 aromatic carbocycles. The molecule has 0 heterocycles. The Morgan fingerprint density at radius 1 is 1.35 bits per heavy atom. The van der Waals surface area contributed by atoms with E-state index < -0.39 is 0 Å². The quantitative estimate of drug-likeness (QED) is 0.711. The lowest BCUT2D eigenvalue weighted by atomic mass is 9.90. The zero-order valence-electron chi connectivity index (χ0n) is 10.1. The minimum atomic E-state index is 0.314. The monoisotopic (exact) mass is 316 g/mol. The van der Waals surface area contributed by atoms with Crippen LogP contribution in [0.2, 0.25) is 5.02 Å². The molecule has 0 atom stereocenters. The van der Waals surface area contributed by atoms with E-state index in [1.165, 1.54) is 31.2 Å². The lowest BCUT2D eigenvalue weighted by Crippen LogP contribution is -2.27. The molecule has 0 bridgehead atoms. The van der Waals surface area contributed by atoms with Crippen LogP contribution in [-0.4, -0.2) is 11.9 Å². The first-order chi connectivity index (χ1) is 8.15. The van der Waals surface area contributed by atoms with Crippen molar-refractivity contribution in [2.75, 3.05) is 11.9 Å². The maximum atomic E-state index is 6.17. The van der Waals surface area contributed by atoms with E-state index in [2.05, 4.69) is 15.9 Å². The van der Waals surface area contributed by atoms with Crippen LogP contribution in [0.3, 0.4) is 0 Å². The number of benzene rings is 1. The van der Waals surface area contributed by atoms with Crippen molar-refractivity contribution in [1.82, 2.24) is 0 Å². The number of halogens is 2. The second-order valence-electron chi connectivity index (χ2n) is 5.06. The van der Waals surface area contributed by atoms with Gasteiger partial charge in [0.2, 0.25) is 0 Å². The highest BCUT2D eigenvalue weighted by Crippen LogP contribution is 2.40. The zero-order chi connectivity index (χ0) is 12.3. The molecule has 0 saturated heterocycles. The first kappa shape index (κ1) is 13.2. The van der Waals surface area contributed by atoms with Gasteiger partial charge in [-0.1, -0.05) is 46.4 Å². The summed E-state index contributed by atoms with van der Waals surface area (Å²) < 4.78 is 5.91. The van der Waals surface area contributed by atoms with Crippen LogP contribution >= 0.6 is 27.5 Å². The van der Waals surface area contributed by atoms with Crippen molar-refractivity contribution >= 4 is 27.5 Å². The van der Waals surface area contributed by atoms with Crippen molar-refractivity contribution in [3.63, 3.8) is 0 Å². The lowest BCUT2D eigenvalue weighted by Gasteiger charge is -2.26. The van der Waals surface area contributed by atoms with Crippen molar-refractivity contribution < 1.29 is 4.74 Å². The second-order valence-corrected chi connectivity index (χ2v) is 6.03. The van der Waals surface area contributed by atoms with E-state index in [1.54, 1.807) is 0 Å². The third-order valence-corrected chi connectivity index (χ3v) is 5.05. The molecule has 1 aliphatic rings. The van der Waals surface area contributed by atoms with E-state index in [4.69, 9.17) is 16.3 Å². The third kappa shape index (κ3) is 3.17. The van der Waals surface area contributed by atoms with Crippen LogP contribution in [0, 0.1) is 12.3 Å². The minimum absolute atomic E-state index is 0.314. The molecule has 1 aromatic rings. The minimum Gasteiger partial charge on any atom is -0.491 e. The Morgan fingerprint density at radius 2 is 2.06 bits per heavy atom. The SMILES string of the molecule is Cc1ccc(OCC2(CBr)CCCC2)c(Cl)c1. The molecule has 0 N–H and O–H groups in total. The van der Waals surface area contributed by atoms with Crippen LogP contribution < -0.4 is 4.74 Å². The van der Waals surface area contributed by atoms with Gasteiger partial charge in [0.05, 0.1) is 11.6 Å². The fourth-order valence-corrected chi connectivity index (χ4v) is 3.41. The average molecular weight is 318 g/mol. The summed E-state index contributed by atoms with van der Waals surface area (Å²) in [6, 6.07) is 5.96. The van der Waals surface area contributed by atoms with E-state index >= 15 is 0 Å². The summed E-state index contributed by atoms with van der Waals surface area (Å²) in [4.78, 5) is 0. The Kier molecular flexibility index (Phi) is 4.37. The highest BCUT2D eigenvalue weighted by atomic mass is 79.9. The molecular weight excluding hydrogens is 300 g/mol. The number of hydrogen-bond acceptors (Lipinski definition) is 1. The van der Waals surface area contributed by atoms with Gasteiger partial charge < -0.3 is 4.74 Å². The molecule has 0 radical (unpaired) electrons. The first-order valence-corrected chi connectivity index (χ1v) is 7.60. The van der Waals surface area contributed by atoms with Crippen LogP contribution in [0.15, 0.2) is 18.2 Å². The largest absolute Gasteiger partial charge is 0.491 e. The smallest absolute Gasteiger partial charge is 0.137 e. The molecular formula is C14H18BrClO. The normalized spacial score (nSPS) is 18.3. The van der Waals surface area contributed by atoms with Crippen molar-refractivity contribution in [3.05, 3.63) is 28.8 Å². The Morgan fingerprint density at radius 3 is 2.65 bits per heavy atom. The molecule has 0 unspecified atom stereocenters. The van der Waals surface area contributed by atoms with Gasteiger partial charge in [-0.3, -0.25) is 0 Å². The van der Waals surface area contributed by atoms with Crippen LogP contribution in [0.1, 0.15) is 31.2 Å². The summed E-state index contributed by atoms with van der Waals surface area (Å²) in [7, 11) is 0. The first-order valence-electron chi connectivity index (χ1n) is 6.10.